The van der Waals surface area contributed by atoms with Crippen molar-refractivity contribution < 1.29 is 24.5 Å². The van der Waals surface area contributed by atoms with Crippen molar-refractivity contribution in [2.45, 2.75) is 456 Å². The first-order valence-electron chi connectivity index (χ1n) is 39.7. The molecule has 0 bridgehead atoms. The molecule has 0 radical (unpaired) electrons. The maximum Gasteiger partial charge on any atom is 0.305 e. The lowest BCUT2D eigenvalue weighted by Crippen LogP contribution is -2.45. The first kappa shape index (κ1) is 85.1. The van der Waals surface area contributed by atoms with Crippen LogP contribution in [0.3, 0.4) is 0 Å². The lowest BCUT2D eigenvalue weighted by Gasteiger charge is -2.22. The summed E-state index contributed by atoms with van der Waals surface area (Å²) in [5, 5.41) is 23.4. The zero-order chi connectivity index (χ0) is 62.8. The standard InChI is InChI=1S/C81H155NO5/c1-3-5-7-9-11-13-15-17-19-43-46-49-53-57-61-65-69-73-79(84)78(77-83)82-80(85)74-70-66-62-58-54-50-47-44-41-39-37-35-33-31-29-27-25-23-21-20-22-24-26-28-30-32-34-36-38-40-42-45-48-52-56-60-64-68-72-76-87-81(86)75-71-67-63-59-55-51-18-16-14-12-10-8-6-4-2/h10,12,16,18,20-21,78-79,83-84H,3-9,11,13-15,17,19,22-77H2,1-2H3,(H,82,85)/b12-10-,18-16-,21-20-. The Morgan fingerprint density at radius 3 is 0.920 bits per heavy atom. The molecule has 87 heavy (non-hydrogen) atoms. The third-order valence-electron chi connectivity index (χ3n) is 18.7. The van der Waals surface area contributed by atoms with E-state index >= 15 is 0 Å². The average molecular weight is 1220 g/mol. The molecule has 3 N–H and O–H groups in total. The van der Waals surface area contributed by atoms with Gasteiger partial charge in [-0.15, -0.1) is 0 Å². The molecule has 0 aliphatic rings. The number of esters is 1. The fraction of sp³-hybridized carbons (Fsp3) is 0.901. The predicted octanol–water partition coefficient (Wildman–Crippen LogP) is 26.2. The van der Waals surface area contributed by atoms with E-state index in [0.29, 0.717) is 25.9 Å². The van der Waals surface area contributed by atoms with E-state index in [1.807, 2.05) is 0 Å². The molecule has 0 aromatic heterocycles. The van der Waals surface area contributed by atoms with E-state index in [1.165, 1.54) is 360 Å². The Balaban J connectivity index is 3.32. The molecule has 514 valence electrons. The number of allylic oxidation sites excluding steroid dienone is 6. The normalized spacial score (nSPS) is 12.6. The Labute approximate surface area is 544 Å². The smallest absolute Gasteiger partial charge is 0.305 e. The second-order valence-electron chi connectivity index (χ2n) is 27.4. The highest BCUT2D eigenvalue weighted by Crippen LogP contribution is 2.20. The Morgan fingerprint density at radius 2 is 0.586 bits per heavy atom. The Kier molecular flexibility index (Phi) is 74.8. The number of rotatable bonds is 75. The van der Waals surface area contributed by atoms with Crippen LogP contribution >= 0.6 is 0 Å². The molecule has 0 fully saturated rings. The summed E-state index contributed by atoms with van der Waals surface area (Å²) in [6.07, 6.45) is 99.6. The highest BCUT2D eigenvalue weighted by atomic mass is 16.5. The first-order chi connectivity index (χ1) is 43.0. The van der Waals surface area contributed by atoms with E-state index in [9.17, 15) is 19.8 Å². The van der Waals surface area contributed by atoms with Crippen LogP contribution in [0.5, 0.6) is 0 Å². The molecule has 2 unspecified atom stereocenters. The molecule has 0 saturated carbocycles. The summed E-state index contributed by atoms with van der Waals surface area (Å²) in [7, 11) is 0. The SMILES string of the molecule is CCCC/C=C\C/C=C\CCCCCCCC(=O)OCCCCCCCCCCCCCCCCCCCC/C=C\CCCCCCCCCCCCCCCCCCCC(=O)NC(CO)C(O)CCCCCCCCCCCCCCCCCCC. The Morgan fingerprint density at radius 1 is 0.322 bits per heavy atom. The van der Waals surface area contributed by atoms with Crippen LogP contribution in [0, 0.1) is 0 Å². The third kappa shape index (κ3) is 73.0. The molecule has 6 heteroatoms. The minimum Gasteiger partial charge on any atom is -0.466 e. The molecule has 0 aromatic carbocycles. The zero-order valence-corrected chi connectivity index (χ0v) is 59.0. The summed E-state index contributed by atoms with van der Waals surface area (Å²) in [5.74, 6) is -0.0183. The van der Waals surface area contributed by atoms with Gasteiger partial charge in [-0.05, 0) is 77.0 Å². The minimum absolute atomic E-state index is 0.00828. The van der Waals surface area contributed by atoms with Gasteiger partial charge in [0.05, 0.1) is 25.4 Å². The number of aliphatic hydroxyl groups is 2. The summed E-state index contributed by atoms with van der Waals surface area (Å²) >= 11 is 0. The van der Waals surface area contributed by atoms with E-state index in [-0.39, 0.29) is 18.5 Å². The molecule has 0 heterocycles. The molecule has 1 amide bonds. The first-order valence-corrected chi connectivity index (χ1v) is 39.7. The number of amides is 1. The summed E-state index contributed by atoms with van der Waals surface area (Å²) in [5.41, 5.74) is 0. The van der Waals surface area contributed by atoms with Crippen molar-refractivity contribution in [1.82, 2.24) is 5.32 Å². The van der Waals surface area contributed by atoms with Crippen LogP contribution in [-0.4, -0.2) is 47.4 Å². The van der Waals surface area contributed by atoms with Gasteiger partial charge in [-0.2, -0.15) is 0 Å². The van der Waals surface area contributed by atoms with Crippen molar-refractivity contribution in [3.05, 3.63) is 36.5 Å². The fourth-order valence-corrected chi connectivity index (χ4v) is 12.6. The molecular weight excluding hydrogens is 1070 g/mol. The number of hydrogen-bond acceptors (Lipinski definition) is 5. The Bertz CT molecular complexity index is 1410. The van der Waals surface area contributed by atoms with Crippen molar-refractivity contribution in [1.29, 1.82) is 0 Å². The number of hydrogen-bond donors (Lipinski definition) is 3. The highest BCUT2D eigenvalue weighted by Gasteiger charge is 2.20. The molecule has 0 rings (SSSR count). The number of ether oxygens (including phenoxy) is 1. The molecule has 0 aliphatic carbocycles. The van der Waals surface area contributed by atoms with Gasteiger partial charge in [-0.1, -0.05) is 391 Å². The van der Waals surface area contributed by atoms with Crippen molar-refractivity contribution >= 4 is 11.9 Å². The second kappa shape index (κ2) is 76.5. The zero-order valence-electron chi connectivity index (χ0n) is 59.0. The van der Waals surface area contributed by atoms with E-state index in [4.69, 9.17) is 4.74 Å². The van der Waals surface area contributed by atoms with Crippen molar-refractivity contribution in [3.8, 4) is 0 Å². The number of aliphatic hydroxyl groups excluding tert-OH is 2. The molecule has 2 atom stereocenters. The van der Waals surface area contributed by atoms with Gasteiger partial charge in [0.15, 0.2) is 0 Å². The van der Waals surface area contributed by atoms with Gasteiger partial charge in [0.2, 0.25) is 5.91 Å². The van der Waals surface area contributed by atoms with Gasteiger partial charge in [0, 0.05) is 12.8 Å². The summed E-state index contributed by atoms with van der Waals surface area (Å²) < 4.78 is 5.49. The van der Waals surface area contributed by atoms with Gasteiger partial charge in [-0.25, -0.2) is 0 Å². The quantitative estimate of drug-likeness (QED) is 0.0320. The topological polar surface area (TPSA) is 95.9 Å². The summed E-state index contributed by atoms with van der Waals surface area (Å²) in [6, 6.07) is -0.538. The average Bonchev–Trinajstić information content (AvgIpc) is 3.54. The van der Waals surface area contributed by atoms with E-state index in [0.717, 1.165) is 51.4 Å². The maximum absolute atomic E-state index is 12.5. The van der Waals surface area contributed by atoms with Crippen LogP contribution in [0.15, 0.2) is 36.5 Å². The van der Waals surface area contributed by atoms with Crippen LogP contribution in [0.25, 0.3) is 0 Å². The van der Waals surface area contributed by atoms with Crippen LogP contribution < -0.4 is 5.32 Å². The van der Waals surface area contributed by atoms with Crippen molar-refractivity contribution in [2.75, 3.05) is 13.2 Å². The maximum atomic E-state index is 12.5. The van der Waals surface area contributed by atoms with E-state index < -0.39 is 12.1 Å². The molecule has 0 aromatic rings. The summed E-state index contributed by atoms with van der Waals surface area (Å²) in [6.45, 7) is 4.95. The van der Waals surface area contributed by atoms with E-state index in [1.54, 1.807) is 0 Å². The minimum atomic E-state index is -0.661. The monoisotopic (exact) mass is 1220 g/mol. The predicted molar refractivity (Wildman–Crippen MR) is 384 cm³/mol. The van der Waals surface area contributed by atoms with Crippen LogP contribution in [0.4, 0.5) is 0 Å². The van der Waals surface area contributed by atoms with Crippen molar-refractivity contribution in [2.24, 2.45) is 0 Å². The number of carbonyl (C=O) groups is 2. The third-order valence-corrected chi connectivity index (χ3v) is 18.7. The van der Waals surface area contributed by atoms with Crippen LogP contribution in [0.2, 0.25) is 0 Å². The fourth-order valence-electron chi connectivity index (χ4n) is 12.6. The van der Waals surface area contributed by atoms with Crippen molar-refractivity contribution in [3.63, 3.8) is 0 Å². The lowest BCUT2D eigenvalue weighted by atomic mass is 10.0. The van der Waals surface area contributed by atoms with Gasteiger partial charge in [-0.3, -0.25) is 9.59 Å². The molecule has 0 spiro atoms. The molecule has 0 aliphatic heterocycles. The van der Waals surface area contributed by atoms with Gasteiger partial charge in [0.25, 0.3) is 0 Å². The van der Waals surface area contributed by atoms with E-state index in [2.05, 4.69) is 55.6 Å². The highest BCUT2D eigenvalue weighted by molar-refractivity contribution is 5.76. The lowest BCUT2D eigenvalue weighted by molar-refractivity contribution is -0.143. The second-order valence-corrected chi connectivity index (χ2v) is 27.4. The molecule has 0 saturated heterocycles. The number of unbranched alkanes of at least 4 members (excludes halogenated alkanes) is 58. The van der Waals surface area contributed by atoms with Crippen LogP contribution in [0.1, 0.15) is 444 Å². The Hall–Kier alpha value is -1.92. The van der Waals surface area contributed by atoms with Gasteiger partial charge in [0.1, 0.15) is 0 Å². The number of carbonyl (C=O) groups excluding carboxylic acids is 2. The largest absolute Gasteiger partial charge is 0.466 e. The molecule has 6 nitrogen and oxygen atoms in total. The van der Waals surface area contributed by atoms with Gasteiger partial charge < -0.3 is 20.3 Å². The number of nitrogens with one attached hydrogen (secondary N) is 1. The van der Waals surface area contributed by atoms with Gasteiger partial charge >= 0.3 is 5.97 Å². The summed E-state index contributed by atoms with van der Waals surface area (Å²) in [4.78, 5) is 24.6. The molecular formula is C81H155NO5. The van der Waals surface area contributed by atoms with Crippen LogP contribution in [-0.2, 0) is 14.3 Å².